The lowest BCUT2D eigenvalue weighted by Crippen LogP contribution is -2.25. The van der Waals surface area contributed by atoms with Gasteiger partial charge in [-0.25, -0.2) is 4.79 Å². The highest BCUT2D eigenvalue weighted by atomic mass is 35.5. The summed E-state index contributed by atoms with van der Waals surface area (Å²) in [6, 6.07) is 14.6. The number of carbonyl (C=O) groups excluding carboxylic acids is 1. The van der Waals surface area contributed by atoms with Gasteiger partial charge in [-0.05, 0) is 49.2 Å². The first-order valence-corrected chi connectivity index (χ1v) is 10.3. The van der Waals surface area contributed by atoms with Gasteiger partial charge in [0.1, 0.15) is 24.0 Å². The summed E-state index contributed by atoms with van der Waals surface area (Å²) in [5.41, 5.74) is 7.80. The minimum atomic E-state index is -0.760. The quantitative estimate of drug-likeness (QED) is 0.611. The Kier molecular flexibility index (Phi) is 7.29. The lowest BCUT2D eigenvalue weighted by molar-refractivity contribution is -0.139. The fraction of sp³-hybridized carbons (Fsp3) is 0.250. The molecule has 166 valence electrons. The number of carbonyl (C=O) groups is 1. The van der Waals surface area contributed by atoms with Gasteiger partial charge < -0.3 is 24.7 Å². The molecule has 0 aromatic heterocycles. The van der Waals surface area contributed by atoms with Gasteiger partial charge >= 0.3 is 5.97 Å². The summed E-state index contributed by atoms with van der Waals surface area (Å²) in [5, 5.41) is 10.3. The summed E-state index contributed by atoms with van der Waals surface area (Å²) in [6.07, 6.45) is 0. The van der Waals surface area contributed by atoms with Crippen LogP contribution in [0.15, 0.2) is 65.3 Å². The second-order valence-corrected chi connectivity index (χ2v) is 7.38. The summed E-state index contributed by atoms with van der Waals surface area (Å²) in [4.78, 5) is 12.7. The molecular formula is C24H23ClN2O5. The third-order valence-corrected chi connectivity index (χ3v) is 5.14. The van der Waals surface area contributed by atoms with Crippen molar-refractivity contribution < 1.29 is 23.7 Å². The molecule has 2 aromatic carbocycles. The normalized spacial score (nSPS) is 15.7. The van der Waals surface area contributed by atoms with Crippen LogP contribution in [0, 0.1) is 11.3 Å². The first-order chi connectivity index (χ1) is 15.4. The van der Waals surface area contributed by atoms with Gasteiger partial charge in [-0.2, -0.15) is 5.26 Å². The Hall–Kier alpha value is -3.63. The van der Waals surface area contributed by atoms with Crippen LogP contribution in [0.25, 0.3) is 0 Å². The maximum atomic E-state index is 12.7. The standard InChI is InChI=1S/C24H23ClN2O5/c1-4-30-24(28)21-14(2)32-23(27)18(12-26)22(21)16-8-9-19(20(11-16)29-3)31-13-15-6-5-7-17(25)10-15/h5-11,22H,4,13,27H2,1-3H3. The molecule has 0 spiro atoms. The lowest BCUT2D eigenvalue weighted by atomic mass is 9.83. The number of hydrogen-bond donors (Lipinski definition) is 1. The van der Waals surface area contributed by atoms with Crippen molar-refractivity contribution in [1.82, 2.24) is 0 Å². The van der Waals surface area contributed by atoms with Crippen LogP contribution >= 0.6 is 11.6 Å². The maximum Gasteiger partial charge on any atom is 0.338 e. The molecule has 0 fully saturated rings. The topological polar surface area (TPSA) is 104 Å². The zero-order chi connectivity index (χ0) is 23.3. The van der Waals surface area contributed by atoms with E-state index in [1.165, 1.54) is 7.11 Å². The van der Waals surface area contributed by atoms with E-state index in [0.717, 1.165) is 5.56 Å². The molecule has 3 rings (SSSR count). The van der Waals surface area contributed by atoms with Crippen LogP contribution in [-0.4, -0.2) is 19.7 Å². The van der Waals surface area contributed by atoms with Crippen molar-refractivity contribution in [2.45, 2.75) is 26.4 Å². The molecule has 0 aliphatic carbocycles. The number of methoxy groups -OCH3 is 1. The predicted molar refractivity (Wildman–Crippen MR) is 119 cm³/mol. The molecule has 1 aliphatic heterocycles. The molecule has 8 heteroatoms. The van der Waals surface area contributed by atoms with Gasteiger partial charge in [0.05, 0.1) is 25.2 Å². The van der Waals surface area contributed by atoms with E-state index in [-0.39, 0.29) is 36.0 Å². The second kappa shape index (κ2) is 10.1. The van der Waals surface area contributed by atoms with Crippen molar-refractivity contribution in [2.75, 3.05) is 13.7 Å². The fourth-order valence-electron chi connectivity index (χ4n) is 3.46. The Bertz CT molecular complexity index is 1130. The summed E-state index contributed by atoms with van der Waals surface area (Å²) in [6.45, 7) is 3.79. The van der Waals surface area contributed by atoms with E-state index in [0.29, 0.717) is 22.1 Å². The van der Waals surface area contributed by atoms with Gasteiger partial charge in [-0.3, -0.25) is 0 Å². The van der Waals surface area contributed by atoms with Gasteiger partial charge in [0.15, 0.2) is 11.5 Å². The highest BCUT2D eigenvalue weighted by molar-refractivity contribution is 6.30. The Labute approximate surface area is 191 Å². The average Bonchev–Trinajstić information content (AvgIpc) is 2.77. The molecule has 1 heterocycles. The monoisotopic (exact) mass is 454 g/mol. The van der Waals surface area contributed by atoms with Crippen LogP contribution in [0.3, 0.4) is 0 Å². The van der Waals surface area contributed by atoms with Crippen molar-refractivity contribution in [2.24, 2.45) is 5.73 Å². The van der Waals surface area contributed by atoms with E-state index in [1.54, 1.807) is 38.1 Å². The molecule has 0 amide bonds. The smallest absolute Gasteiger partial charge is 0.338 e. The van der Waals surface area contributed by atoms with Gasteiger partial charge in [0.25, 0.3) is 0 Å². The third-order valence-electron chi connectivity index (χ3n) is 4.91. The summed E-state index contributed by atoms with van der Waals surface area (Å²) in [7, 11) is 1.51. The predicted octanol–water partition coefficient (Wildman–Crippen LogP) is 4.57. The first kappa shape index (κ1) is 23.0. The number of hydrogen-bond acceptors (Lipinski definition) is 7. The molecular weight excluding hydrogens is 432 g/mol. The molecule has 1 aliphatic rings. The molecule has 7 nitrogen and oxygen atoms in total. The number of allylic oxidation sites excluding steroid dienone is 2. The minimum absolute atomic E-state index is 0.0525. The Morgan fingerprint density at radius 3 is 2.69 bits per heavy atom. The van der Waals surface area contributed by atoms with E-state index < -0.39 is 11.9 Å². The molecule has 0 saturated carbocycles. The maximum absolute atomic E-state index is 12.7. The van der Waals surface area contributed by atoms with Crippen molar-refractivity contribution >= 4 is 17.6 Å². The van der Waals surface area contributed by atoms with Gasteiger partial charge in [0, 0.05) is 5.02 Å². The molecule has 1 unspecified atom stereocenters. The SMILES string of the molecule is CCOC(=O)C1=C(C)OC(N)=C(C#N)C1c1ccc(OCc2cccc(Cl)c2)c(OC)c1. The summed E-state index contributed by atoms with van der Waals surface area (Å²) in [5.74, 6) is -0.169. The average molecular weight is 455 g/mol. The summed E-state index contributed by atoms with van der Waals surface area (Å²) >= 11 is 6.03. The zero-order valence-electron chi connectivity index (χ0n) is 18.0. The number of esters is 1. The molecule has 1 atom stereocenters. The molecule has 2 aromatic rings. The number of ether oxygens (including phenoxy) is 4. The van der Waals surface area contributed by atoms with Crippen molar-refractivity contribution in [3.05, 3.63) is 81.4 Å². The van der Waals surface area contributed by atoms with E-state index in [4.69, 9.17) is 36.3 Å². The highest BCUT2D eigenvalue weighted by Crippen LogP contribution is 2.42. The lowest BCUT2D eigenvalue weighted by Gasteiger charge is -2.27. The van der Waals surface area contributed by atoms with E-state index in [9.17, 15) is 10.1 Å². The van der Waals surface area contributed by atoms with Gasteiger partial charge in [-0.15, -0.1) is 0 Å². The van der Waals surface area contributed by atoms with Crippen LogP contribution in [0.5, 0.6) is 11.5 Å². The van der Waals surface area contributed by atoms with E-state index in [1.807, 2.05) is 18.2 Å². The van der Waals surface area contributed by atoms with E-state index in [2.05, 4.69) is 6.07 Å². The van der Waals surface area contributed by atoms with E-state index >= 15 is 0 Å². The zero-order valence-corrected chi connectivity index (χ0v) is 18.7. The van der Waals surface area contributed by atoms with Crippen LogP contribution in [0.4, 0.5) is 0 Å². The number of benzene rings is 2. The minimum Gasteiger partial charge on any atom is -0.493 e. The molecule has 0 saturated heterocycles. The number of nitrogens with two attached hydrogens (primary N) is 1. The Morgan fingerprint density at radius 1 is 1.25 bits per heavy atom. The number of rotatable bonds is 7. The van der Waals surface area contributed by atoms with Gasteiger partial charge in [-0.1, -0.05) is 29.8 Å². The molecule has 0 bridgehead atoms. The summed E-state index contributed by atoms with van der Waals surface area (Å²) < 4.78 is 22.1. The van der Waals surface area contributed by atoms with Crippen molar-refractivity contribution in [3.63, 3.8) is 0 Å². The van der Waals surface area contributed by atoms with Gasteiger partial charge in [0.2, 0.25) is 5.88 Å². The Balaban J connectivity index is 1.98. The first-order valence-electron chi connectivity index (χ1n) is 9.90. The number of nitriles is 1. The molecule has 0 radical (unpaired) electrons. The third kappa shape index (κ3) is 4.82. The highest BCUT2D eigenvalue weighted by Gasteiger charge is 2.36. The van der Waals surface area contributed by atoms with Crippen LogP contribution in [-0.2, 0) is 20.9 Å². The molecule has 2 N–H and O–H groups in total. The van der Waals surface area contributed by atoms with Crippen LogP contribution in [0.1, 0.15) is 30.9 Å². The number of nitrogens with zero attached hydrogens (tertiary/aromatic N) is 1. The van der Waals surface area contributed by atoms with Crippen molar-refractivity contribution in [3.8, 4) is 17.6 Å². The number of halogens is 1. The Morgan fingerprint density at radius 2 is 2.03 bits per heavy atom. The van der Waals surface area contributed by atoms with Crippen LogP contribution < -0.4 is 15.2 Å². The largest absolute Gasteiger partial charge is 0.493 e. The second-order valence-electron chi connectivity index (χ2n) is 6.94. The molecule has 32 heavy (non-hydrogen) atoms. The van der Waals surface area contributed by atoms with Crippen molar-refractivity contribution in [1.29, 1.82) is 5.26 Å². The van der Waals surface area contributed by atoms with Crippen LogP contribution in [0.2, 0.25) is 5.02 Å². The fourth-order valence-corrected chi connectivity index (χ4v) is 3.67.